The van der Waals surface area contributed by atoms with E-state index in [1.54, 1.807) is 13.2 Å². The molecule has 4 heteroatoms. The predicted molar refractivity (Wildman–Crippen MR) is 118 cm³/mol. The molecule has 0 fully saturated rings. The summed E-state index contributed by atoms with van der Waals surface area (Å²) in [6.45, 7) is 5.01. The largest absolute Gasteiger partial charge is 0.469 e. The minimum Gasteiger partial charge on any atom is -0.469 e. The van der Waals surface area contributed by atoms with Gasteiger partial charge in [0.2, 0.25) is 5.91 Å². The van der Waals surface area contributed by atoms with Crippen LogP contribution in [0.5, 0.6) is 0 Å². The van der Waals surface area contributed by atoms with E-state index >= 15 is 0 Å². The van der Waals surface area contributed by atoms with Gasteiger partial charge < -0.3 is 14.2 Å². The molecule has 152 valence electrons. The molecule has 4 nitrogen and oxygen atoms in total. The van der Waals surface area contributed by atoms with Gasteiger partial charge in [0.1, 0.15) is 5.76 Å². The molecule has 1 aromatic heterocycles. The number of hydrogen-bond acceptors (Lipinski definition) is 3. The normalized spacial score (nSPS) is 11.9. The molecule has 0 saturated heterocycles. The van der Waals surface area contributed by atoms with Crippen LogP contribution in [0.1, 0.15) is 41.7 Å². The molecule has 3 aromatic rings. The molecule has 0 bridgehead atoms. The highest BCUT2D eigenvalue weighted by Crippen LogP contribution is 2.29. The Kier molecular flexibility index (Phi) is 6.76. The molecule has 1 amide bonds. The summed E-state index contributed by atoms with van der Waals surface area (Å²) in [4.78, 5) is 16.3. The fourth-order valence-corrected chi connectivity index (χ4v) is 3.51. The Hall–Kier alpha value is -3.01. The first-order chi connectivity index (χ1) is 13.9. The maximum Gasteiger partial charge on any atom is 0.219 e. The van der Waals surface area contributed by atoms with Crippen LogP contribution in [0.3, 0.4) is 0 Å². The van der Waals surface area contributed by atoms with Crippen LogP contribution in [0.4, 0.5) is 5.69 Å². The van der Waals surface area contributed by atoms with Crippen LogP contribution < -0.4 is 4.90 Å². The quantitative estimate of drug-likeness (QED) is 0.529. The summed E-state index contributed by atoms with van der Waals surface area (Å²) >= 11 is 0. The van der Waals surface area contributed by atoms with Gasteiger partial charge in [-0.1, -0.05) is 42.0 Å². The van der Waals surface area contributed by atoms with Crippen molar-refractivity contribution in [2.45, 2.75) is 32.7 Å². The van der Waals surface area contributed by atoms with Gasteiger partial charge in [-0.3, -0.25) is 4.79 Å². The molecule has 1 atom stereocenters. The fourth-order valence-electron chi connectivity index (χ4n) is 3.51. The topological polar surface area (TPSA) is 36.7 Å². The van der Waals surface area contributed by atoms with Gasteiger partial charge in [-0.05, 0) is 48.7 Å². The van der Waals surface area contributed by atoms with Gasteiger partial charge in [0.25, 0.3) is 0 Å². The predicted octanol–water partition coefficient (Wildman–Crippen LogP) is 5.22. The van der Waals surface area contributed by atoms with Gasteiger partial charge in [0.05, 0.1) is 6.26 Å². The van der Waals surface area contributed by atoms with Crippen LogP contribution >= 0.6 is 0 Å². The third-order valence-electron chi connectivity index (χ3n) is 5.33. The van der Waals surface area contributed by atoms with E-state index in [2.05, 4.69) is 60.4 Å². The van der Waals surface area contributed by atoms with Crippen LogP contribution in [0.15, 0.2) is 71.3 Å². The number of aryl methyl sites for hydroxylation is 1. The zero-order valence-electron chi connectivity index (χ0n) is 17.8. The smallest absolute Gasteiger partial charge is 0.219 e. The van der Waals surface area contributed by atoms with Gasteiger partial charge in [0.15, 0.2) is 0 Å². The highest BCUT2D eigenvalue weighted by atomic mass is 16.3. The van der Waals surface area contributed by atoms with Gasteiger partial charge in [0, 0.05) is 45.7 Å². The van der Waals surface area contributed by atoms with Crippen LogP contribution in [0.2, 0.25) is 0 Å². The van der Waals surface area contributed by atoms with Crippen LogP contribution in [-0.2, 0) is 11.3 Å². The minimum atomic E-state index is 0.0868. The van der Waals surface area contributed by atoms with Gasteiger partial charge in [-0.15, -0.1) is 0 Å². The van der Waals surface area contributed by atoms with E-state index in [1.165, 1.54) is 11.1 Å². The van der Waals surface area contributed by atoms with Crippen LogP contribution in [-0.4, -0.2) is 31.4 Å². The van der Waals surface area contributed by atoms with Gasteiger partial charge in [-0.25, -0.2) is 0 Å². The maximum absolute atomic E-state index is 12.3. The first-order valence-electron chi connectivity index (χ1n) is 10.1. The van der Waals surface area contributed by atoms with Crippen LogP contribution in [0, 0.1) is 6.92 Å². The third-order valence-corrected chi connectivity index (χ3v) is 5.33. The van der Waals surface area contributed by atoms with Gasteiger partial charge >= 0.3 is 0 Å². The Labute approximate surface area is 173 Å². The molecule has 1 heterocycles. The summed E-state index contributed by atoms with van der Waals surface area (Å²) in [5.74, 6) is 1.15. The van der Waals surface area contributed by atoms with Crippen molar-refractivity contribution < 1.29 is 9.21 Å². The molecule has 0 spiro atoms. The van der Waals surface area contributed by atoms with E-state index in [0.717, 1.165) is 23.4 Å². The third kappa shape index (κ3) is 5.50. The lowest BCUT2D eigenvalue weighted by atomic mass is 9.92. The summed E-state index contributed by atoms with van der Waals surface area (Å²) in [6.07, 6.45) is 2.53. The fraction of sp³-hybridized carbons (Fsp3) is 0.320. The Morgan fingerprint density at radius 3 is 2.24 bits per heavy atom. The summed E-state index contributed by atoms with van der Waals surface area (Å²) in [5, 5.41) is 0. The lowest BCUT2D eigenvalue weighted by Gasteiger charge is -2.24. The Bertz CT molecular complexity index is 897. The summed E-state index contributed by atoms with van der Waals surface area (Å²) in [7, 11) is 4.05. The van der Waals surface area contributed by atoms with E-state index in [0.29, 0.717) is 13.1 Å². The van der Waals surface area contributed by atoms with Gasteiger partial charge in [-0.2, -0.15) is 0 Å². The molecule has 2 aromatic carbocycles. The second-order valence-electron chi connectivity index (χ2n) is 7.77. The van der Waals surface area contributed by atoms with E-state index in [-0.39, 0.29) is 11.8 Å². The first-order valence-corrected chi connectivity index (χ1v) is 10.1. The zero-order valence-corrected chi connectivity index (χ0v) is 17.8. The molecule has 0 unspecified atom stereocenters. The summed E-state index contributed by atoms with van der Waals surface area (Å²) in [6, 6.07) is 20.9. The SMILES string of the molecule is CC(=O)N(CC[C@@H](c1ccc(C)cc1)c1ccco1)Cc1ccc(N(C)C)cc1. The summed E-state index contributed by atoms with van der Waals surface area (Å²) in [5.41, 5.74) is 4.74. The van der Waals surface area contributed by atoms with E-state index in [9.17, 15) is 4.79 Å². The minimum absolute atomic E-state index is 0.0868. The molecular formula is C25H30N2O2. The number of benzene rings is 2. The first kappa shape index (κ1) is 20.7. The number of anilines is 1. The molecule has 29 heavy (non-hydrogen) atoms. The maximum atomic E-state index is 12.3. The van der Waals surface area contributed by atoms with E-state index < -0.39 is 0 Å². The van der Waals surface area contributed by atoms with Crippen molar-refractivity contribution in [3.05, 3.63) is 89.4 Å². The highest BCUT2D eigenvalue weighted by Gasteiger charge is 2.19. The Balaban J connectivity index is 1.73. The molecule has 3 rings (SSSR count). The number of rotatable bonds is 8. The number of hydrogen-bond donors (Lipinski definition) is 0. The van der Waals surface area contributed by atoms with Crippen molar-refractivity contribution in [3.63, 3.8) is 0 Å². The van der Waals surface area contributed by atoms with Crippen molar-refractivity contribution in [1.82, 2.24) is 4.90 Å². The molecule has 0 aliphatic carbocycles. The number of carbonyl (C=O) groups excluding carboxylic acids is 1. The zero-order chi connectivity index (χ0) is 20.8. The lowest BCUT2D eigenvalue weighted by Crippen LogP contribution is -2.30. The summed E-state index contributed by atoms with van der Waals surface area (Å²) < 4.78 is 5.72. The average Bonchev–Trinajstić information content (AvgIpc) is 3.23. The van der Waals surface area contributed by atoms with Crippen molar-refractivity contribution >= 4 is 11.6 Å². The second-order valence-corrected chi connectivity index (χ2v) is 7.77. The molecule has 0 aliphatic rings. The Morgan fingerprint density at radius 2 is 1.69 bits per heavy atom. The Morgan fingerprint density at radius 1 is 1.00 bits per heavy atom. The molecular weight excluding hydrogens is 360 g/mol. The molecule has 0 saturated carbocycles. The highest BCUT2D eigenvalue weighted by molar-refractivity contribution is 5.73. The second kappa shape index (κ2) is 9.46. The van der Waals surface area contributed by atoms with Crippen molar-refractivity contribution in [2.75, 3.05) is 25.5 Å². The number of furan rings is 1. The number of nitrogens with zero attached hydrogens (tertiary/aromatic N) is 2. The monoisotopic (exact) mass is 390 g/mol. The standard InChI is InChI=1S/C25H30N2O2/c1-19-7-11-22(12-8-19)24(25-6-5-17-29-25)15-16-27(20(2)28)18-21-9-13-23(14-10-21)26(3)4/h5-14,17,24H,15-16,18H2,1-4H3/t24-/m0/s1. The molecule has 0 N–H and O–H groups in total. The number of carbonyl (C=O) groups is 1. The molecule has 0 aliphatic heterocycles. The number of amides is 1. The molecule has 0 radical (unpaired) electrons. The average molecular weight is 391 g/mol. The van der Waals surface area contributed by atoms with E-state index in [4.69, 9.17) is 4.42 Å². The van der Waals surface area contributed by atoms with Crippen molar-refractivity contribution in [3.8, 4) is 0 Å². The van der Waals surface area contributed by atoms with Crippen molar-refractivity contribution in [1.29, 1.82) is 0 Å². The van der Waals surface area contributed by atoms with E-state index in [1.807, 2.05) is 31.1 Å². The van der Waals surface area contributed by atoms with Crippen molar-refractivity contribution in [2.24, 2.45) is 0 Å². The lowest BCUT2D eigenvalue weighted by molar-refractivity contribution is -0.129. The van der Waals surface area contributed by atoms with Crippen LogP contribution in [0.25, 0.3) is 0 Å².